The molecule has 0 spiro atoms. The molecule has 0 amide bonds. The Morgan fingerprint density at radius 1 is 1.14 bits per heavy atom. The smallest absolute Gasteiger partial charge is 0.154 e. The number of nitriles is 1. The van der Waals surface area contributed by atoms with Gasteiger partial charge in [-0.15, -0.1) is 0 Å². The predicted molar refractivity (Wildman–Crippen MR) is 55.7 cm³/mol. The molecule has 1 heterocycles. The topological polar surface area (TPSA) is 47.3 Å². The van der Waals surface area contributed by atoms with E-state index in [0.29, 0.717) is 12.8 Å². The first-order chi connectivity index (χ1) is 6.13. The van der Waals surface area contributed by atoms with E-state index in [4.69, 9.17) is 5.26 Å². The fourth-order valence-electron chi connectivity index (χ4n) is 2.63. The summed E-state index contributed by atoms with van der Waals surface area (Å²) < 4.78 is 0. The Morgan fingerprint density at radius 2 is 1.50 bits per heavy atom. The number of hydrogen-bond donors (Lipinski definition) is 1. The number of rotatable bonds is 0. The second kappa shape index (κ2) is 2.95. The summed E-state index contributed by atoms with van der Waals surface area (Å²) in [4.78, 5) is 2.24. The van der Waals surface area contributed by atoms with Crippen LogP contribution < -0.4 is 0 Å². The summed E-state index contributed by atoms with van der Waals surface area (Å²) in [5, 5.41) is 19.1. The van der Waals surface area contributed by atoms with Crippen LogP contribution in [0.5, 0.6) is 0 Å². The third kappa shape index (κ3) is 1.77. The van der Waals surface area contributed by atoms with E-state index in [-0.39, 0.29) is 11.1 Å². The second-order valence-corrected chi connectivity index (χ2v) is 5.68. The number of aliphatic hydroxyl groups is 1. The van der Waals surface area contributed by atoms with Crippen LogP contribution in [-0.2, 0) is 0 Å². The van der Waals surface area contributed by atoms with Crippen LogP contribution in [0.3, 0.4) is 0 Å². The van der Waals surface area contributed by atoms with E-state index in [1.807, 2.05) is 6.07 Å². The number of piperidine rings is 1. The number of likely N-dealkylation sites (tertiary alicyclic amines) is 1. The number of nitrogens with zero attached hydrogens (tertiary/aromatic N) is 2. The van der Waals surface area contributed by atoms with Crippen molar-refractivity contribution in [1.82, 2.24) is 4.90 Å². The summed E-state index contributed by atoms with van der Waals surface area (Å²) in [5.74, 6) is 0. The highest BCUT2D eigenvalue weighted by atomic mass is 16.3. The quantitative estimate of drug-likeness (QED) is 0.598. The van der Waals surface area contributed by atoms with Gasteiger partial charge in [-0.25, -0.2) is 0 Å². The van der Waals surface area contributed by atoms with Gasteiger partial charge in [0.25, 0.3) is 0 Å². The van der Waals surface area contributed by atoms with E-state index < -0.39 is 5.60 Å². The lowest BCUT2D eigenvalue weighted by atomic mass is 9.72. The summed E-state index contributed by atoms with van der Waals surface area (Å²) in [7, 11) is 2.05. The van der Waals surface area contributed by atoms with Crippen molar-refractivity contribution < 1.29 is 5.11 Å². The molecule has 1 saturated heterocycles. The minimum atomic E-state index is -1.17. The largest absolute Gasteiger partial charge is 0.375 e. The van der Waals surface area contributed by atoms with Crippen molar-refractivity contribution in [2.24, 2.45) is 0 Å². The molecule has 0 radical (unpaired) electrons. The maximum absolute atomic E-state index is 10.1. The minimum Gasteiger partial charge on any atom is -0.375 e. The summed E-state index contributed by atoms with van der Waals surface area (Å²) >= 11 is 0. The van der Waals surface area contributed by atoms with Gasteiger partial charge in [-0.2, -0.15) is 5.26 Å². The Bertz CT molecular complexity index is 258. The molecule has 80 valence electrons. The molecule has 0 aromatic rings. The average molecular weight is 196 g/mol. The van der Waals surface area contributed by atoms with E-state index in [2.05, 4.69) is 39.6 Å². The molecule has 0 aliphatic carbocycles. The van der Waals surface area contributed by atoms with Crippen LogP contribution in [0.25, 0.3) is 0 Å². The van der Waals surface area contributed by atoms with Gasteiger partial charge in [-0.3, -0.25) is 4.90 Å². The van der Waals surface area contributed by atoms with Gasteiger partial charge in [0.15, 0.2) is 5.60 Å². The monoisotopic (exact) mass is 196 g/mol. The third-order valence-electron chi connectivity index (χ3n) is 3.47. The van der Waals surface area contributed by atoms with Gasteiger partial charge in [0, 0.05) is 23.9 Å². The lowest BCUT2D eigenvalue weighted by Crippen LogP contribution is -2.63. The zero-order valence-electron chi connectivity index (χ0n) is 9.76. The van der Waals surface area contributed by atoms with Gasteiger partial charge in [0.1, 0.15) is 0 Å². The molecule has 0 unspecified atom stereocenters. The standard InChI is InChI=1S/C11H20N2O/c1-9(2)6-11(14,8-12)7-10(3,4)13(9)5/h14H,6-7H2,1-5H3. The highest BCUT2D eigenvalue weighted by Crippen LogP contribution is 2.41. The maximum atomic E-state index is 10.1. The molecule has 1 aliphatic heterocycles. The first kappa shape index (κ1) is 11.5. The lowest BCUT2D eigenvalue weighted by Gasteiger charge is -2.54. The van der Waals surface area contributed by atoms with Gasteiger partial charge >= 0.3 is 0 Å². The second-order valence-electron chi connectivity index (χ2n) is 5.68. The molecule has 1 N–H and O–H groups in total. The van der Waals surface area contributed by atoms with E-state index >= 15 is 0 Å². The van der Waals surface area contributed by atoms with Crippen molar-refractivity contribution >= 4 is 0 Å². The normalized spacial score (nSPS) is 29.5. The molecule has 0 bridgehead atoms. The van der Waals surface area contributed by atoms with Crippen LogP contribution in [0.2, 0.25) is 0 Å². The highest BCUT2D eigenvalue weighted by molar-refractivity contribution is 5.13. The van der Waals surface area contributed by atoms with Gasteiger partial charge in [0.05, 0.1) is 6.07 Å². The van der Waals surface area contributed by atoms with Gasteiger partial charge in [-0.05, 0) is 34.7 Å². The van der Waals surface area contributed by atoms with E-state index in [0.717, 1.165) is 0 Å². The minimum absolute atomic E-state index is 0.133. The molecule has 0 aromatic heterocycles. The Kier molecular flexibility index (Phi) is 2.42. The molecule has 1 aliphatic rings. The van der Waals surface area contributed by atoms with E-state index in [1.165, 1.54) is 0 Å². The summed E-state index contributed by atoms with van der Waals surface area (Å²) in [5.41, 5.74) is -1.43. The van der Waals surface area contributed by atoms with Crippen LogP contribution in [0, 0.1) is 11.3 Å². The molecule has 1 fully saturated rings. The molecule has 1 rings (SSSR count). The van der Waals surface area contributed by atoms with Gasteiger partial charge in [0.2, 0.25) is 0 Å². The van der Waals surface area contributed by atoms with Gasteiger partial charge < -0.3 is 5.11 Å². The molecule has 0 aromatic carbocycles. The molecule has 3 heteroatoms. The summed E-state index contributed by atoms with van der Waals surface area (Å²) in [6, 6.07) is 2.04. The predicted octanol–water partition coefficient (Wildman–Crippen LogP) is 1.52. The Balaban J connectivity index is 3.05. The SMILES string of the molecule is CN1C(C)(C)CC(O)(C#N)CC1(C)C. The highest BCUT2D eigenvalue weighted by Gasteiger charge is 2.50. The van der Waals surface area contributed by atoms with Crippen molar-refractivity contribution in [3.05, 3.63) is 0 Å². The Labute approximate surface area is 86.3 Å². The number of hydrogen-bond acceptors (Lipinski definition) is 3. The Morgan fingerprint density at radius 3 is 1.79 bits per heavy atom. The zero-order chi connectivity index (χ0) is 11.2. The lowest BCUT2D eigenvalue weighted by molar-refractivity contribution is -0.0962. The zero-order valence-corrected chi connectivity index (χ0v) is 9.76. The van der Waals surface area contributed by atoms with Crippen molar-refractivity contribution in [2.75, 3.05) is 7.05 Å². The van der Waals surface area contributed by atoms with Gasteiger partial charge in [-0.1, -0.05) is 0 Å². The van der Waals surface area contributed by atoms with E-state index in [9.17, 15) is 5.11 Å². The van der Waals surface area contributed by atoms with Crippen molar-refractivity contribution in [2.45, 2.75) is 57.2 Å². The summed E-state index contributed by atoms with van der Waals surface area (Å²) in [6.07, 6.45) is 1.02. The average Bonchev–Trinajstić information content (AvgIpc) is 1.99. The molecular formula is C11H20N2O. The Hall–Kier alpha value is -0.590. The molecule has 3 nitrogen and oxygen atoms in total. The first-order valence-corrected chi connectivity index (χ1v) is 5.01. The first-order valence-electron chi connectivity index (χ1n) is 5.01. The van der Waals surface area contributed by atoms with Crippen LogP contribution in [0.1, 0.15) is 40.5 Å². The fraction of sp³-hybridized carbons (Fsp3) is 0.909. The maximum Gasteiger partial charge on any atom is 0.154 e. The molecule has 0 saturated carbocycles. The van der Waals surface area contributed by atoms with Crippen LogP contribution >= 0.6 is 0 Å². The van der Waals surface area contributed by atoms with Crippen molar-refractivity contribution in [3.8, 4) is 6.07 Å². The van der Waals surface area contributed by atoms with Crippen LogP contribution in [-0.4, -0.2) is 33.7 Å². The third-order valence-corrected chi connectivity index (χ3v) is 3.47. The van der Waals surface area contributed by atoms with Crippen LogP contribution in [0.4, 0.5) is 0 Å². The van der Waals surface area contributed by atoms with Crippen molar-refractivity contribution in [1.29, 1.82) is 5.26 Å². The van der Waals surface area contributed by atoms with Crippen molar-refractivity contribution in [3.63, 3.8) is 0 Å². The molecule has 0 atom stereocenters. The van der Waals surface area contributed by atoms with E-state index in [1.54, 1.807) is 0 Å². The van der Waals surface area contributed by atoms with Crippen LogP contribution in [0.15, 0.2) is 0 Å². The molecular weight excluding hydrogens is 176 g/mol. The molecule has 14 heavy (non-hydrogen) atoms. The summed E-state index contributed by atoms with van der Waals surface area (Å²) in [6.45, 7) is 8.26. The fourth-order valence-corrected chi connectivity index (χ4v) is 2.63.